The van der Waals surface area contributed by atoms with E-state index in [9.17, 15) is 0 Å². The minimum atomic E-state index is -1.04. The molecule has 0 aromatic rings. The highest BCUT2D eigenvalue weighted by Crippen LogP contribution is 2.40. The lowest BCUT2D eigenvalue weighted by atomic mass is 10.2. The summed E-state index contributed by atoms with van der Waals surface area (Å²) in [4.78, 5) is 0. The van der Waals surface area contributed by atoms with Crippen LogP contribution in [0.4, 0.5) is 0 Å². The zero-order chi connectivity index (χ0) is 13.6. The van der Waals surface area contributed by atoms with Crippen molar-refractivity contribution in [2.24, 2.45) is 0 Å². The Labute approximate surface area is 137 Å². The van der Waals surface area contributed by atoms with Crippen molar-refractivity contribution in [2.45, 2.75) is 94.1 Å². The fourth-order valence-electron chi connectivity index (χ4n) is 3.93. The molecule has 0 spiro atoms. The van der Waals surface area contributed by atoms with Gasteiger partial charge in [-0.15, -0.1) is 30.6 Å². The Morgan fingerprint density at radius 2 is 0.579 bits per heavy atom. The minimum Gasteiger partial charge on any atom is -0.126 e. The van der Waals surface area contributed by atoms with Gasteiger partial charge in [0.05, 0.1) is 0 Å². The first-order valence-corrected chi connectivity index (χ1v) is 18.3. The van der Waals surface area contributed by atoms with E-state index in [4.69, 9.17) is 0 Å². The van der Waals surface area contributed by atoms with Gasteiger partial charge in [0.25, 0.3) is 0 Å². The SMILES string of the molecule is Br[Si]12CCCCC[Si](Br)(CCCCC1)CCCCC2. The van der Waals surface area contributed by atoms with E-state index < -0.39 is 13.4 Å². The summed E-state index contributed by atoms with van der Waals surface area (Å²) in [5.41, 5.74) is 0. The van der Waals surface area contributed by atoms with E-state index in [0.717, 1.165) is 0 Å². The normalized spacial score (nSPS) is 39.5. The topological polar surface area (TPSA) is 0 Å². The highest BCUT2D eigenvalue weighted by molar-refractivity contribution is 9.26. The maximum atomic E-state index is 4.28. The van der Waals surface area contributed by atoms with E-state index in [1.165, 1.54) is 57.8 Å². The Bertz CT molecular complexity index is 208. The summed E-state index contributed by atoms with van der Waals surface area (Å²) >= 11 is 8.56. The molecule has 3 fully saturated rings. The van der Waals surface area contributed by atoms with Gasteiger partial charge in [-0.3, -0.25) is 0 Å². The Kier molecular flexibility index (Phi) is 7.18. The summed E-state index contributed by atoms with van der Waals surface area (Å²) < 4.78 is 0. The monoisotopic (exact) mass is 424 g/mol. The van der Waals surface area contributed by atoms with Crippen molar-refractivity contribution >= 4 is 44.0 Å². The van der Waals surface area contributed by atoms with Crippen LogP contribution >= 0.6 is 30.6 Å². The highest BCUT2D eigenvalue weighted by atomic mass is 79.9. The molecule has 0 saturated carbocycles. The molecule has 0 aromatic heterocycles. The van der Waals surface area contributed by atoms with Crippen LogP contribution in [0, 0.1) is 0 Å². The summed E-state index contributed by atoms with van der Waals surface area (Å²) in [6.45, 7) is -2.08. The van der Waals surface area contributed by atoms with Crippen LogP contribution in [0.1, 0.15) is 57.8 Å². The summed E-state index contributed by atoms with van der Waals surface area (Å²) in [7, 11) is 0. The molecule has 19 heavy (non-hydrogen) atoms. The van der Waals surface area contributed by atoms with Crippen molar-refractivity contribution < 1.29 is 0 Å². The van der Waals surface area contributed by atoms with Crippen LogP contribution in [-0.4, -0.2) is 13.4 Å². The lowest BCUT2D eigenvalue weighted by molar-refractivity contribution is 0.688. The van der Waals surface area contributed by atoms with Crippen molar-refractivity contribution in [1.82, 2.24) is 0 Å². The Morgan fingerprint density at radius 1 is 0.368 bits per heavy atom. The molecule has 3 aliphatic heterocycles. The van der Waals surface area contributed by atoms with Gasteiger partial charge in [0, 0.05) is 0 Å². The van der Waals surface area contributed by atoms with Crippen LogP contribution in [0.5, 0.6) is 0 Å². The van der Waals surface area contributed by atoms with E-state index in [1.54, 1.807) is 36.3 Å². The molecular weight excluding hydrogens is 396 g/mol. The van der Waals surface area contributed by atoms with Gasteiger partial charge < -0.3 is 0 Å². The van der Waals surface area contributed by atoms with Crippen LogP contribution in [0.15, 0.2) is 0 Å². The third-order valence-corrected chi connectivity index (χ3v) is 19.9. The predicted octanol–water partition coefficient (Wildman–Crippen LogP) is 7.21. The summed E-state index contributed by atoms with van der Waals surface area (Å²) in [6, 6.07) is 9.36. The third kappa shape index (κ3) is 5.95. The van der Waals surface area contributed by atoms with Crippen molar-refractivity contribution in [3.8, 4) is 0 Å². The minimum absolute atomic E-state index is 1.04. The maximum Gasteiger partial charge on any atom is 0.130 e. The lowest BCUT2D eigenvalue weighted by Gasteiger charge is -2.30. The largest absolute Gasteiger partial charge is 0.130 e. The molecule has 0 atom stereocenters. The molecule has 0 N–H and O–H groups in total. The zero-order valence-electron chi connectivity index (χ0n) is 12.4. The summed E-state index contributed by atoms with van der Waals surface area (Å²) in [6.07, 6.45) is 13.6. The first kappa shape index (κ1) is 16.8. The van der Waals surface area contributed by atoms with Crippen LogP contribution < -0.4 is 0 Å². The highest BCUT2D eigenvalue weighted by Gasteiger charge is 2.32. The van der Waals surface area contributed by atoms with Crippen LogP contribution in [-0.2, 0) is 0 Å². The predicted molar refractivity (Wildman–Crippen MR) is 99.8 cm³/mol. The average Bonchev–Trinajstić information content (AvgIpc) is 2.35. The van der Waals surface area contributed by atoms with Crippen molar-refractivity contribution in [2.75, 3.05) is 0 Å². The molecule has 2 bridgehead atoms. The van der Waals surface area contributed by atoms with Gasteiger partial charge in [0.2, 0.25) is 0 Å². The number of hydrogen-bond acceptors (Lipinski definition) is 0. The Morgan fingerprint density at radius 3 is 0.789 bits per heavy atom. The molecule has 3 rings (SSSR count). The molecule has 4 heteroatoms. The molecule has 0 radical (unpaired) electrons. The molecule has 0 unspecified atom stereocenters. The van der Waals surface area contributed by atoms with Crippen molar-refractivity contribution in [1.29, 1.82) is 0 Å². The Balaban J connectivity index is 2.05. The zero-order valence-corrected chi connectivity index (χ0v) is 17.5. The smallest absolute Gasteiger partial charge is 0.126 e. The number of halogens is 2. The van der Waals surface area contributed by atoms with Gasteiger partial charge in [-0.2, -0.15) is 0 Å². The fraction of sp³-hybridized carbons (Fsp3) is 1.00. The number of hydrogen-bond donors (Lipinski definition) is 0. The maximum absolute atomic E-state index is 4.28. The Hall–Kier alpha value is 1.39. The number of fused-ring (bicyclic) bond motifs is 12. The molecule has 112 valence electrons. The third-order valence-electron chi connectivity index (χ3n) is 5.25. The van der Waals surface area contributed by atoms with Gasteiger partial charge in [0.15, 0.2) is 0 Å². The van der Waals surface area contributed by atoms with Gasteiger partial charge in [-0.05, 0) is 36.3 Å². The summed E-state index contributed by atoms with van der Waals surface area (Å²) in [5, 5.41) is 0. The fourth-order valence-corrected chi connectivity index (χ4v) is 15.8. The van der Waals surface area contributed by atoms with Crippen LogP contribution in [0.2, 0.25) is 36.3 Å². The van der Waals surface area contributed by atoms with Gasteiger partial charge in [-0.1, -0.05) is 57.8 Å². The molecule has 0 nitrogen and oxygen atoms in total. The molecule has 3 heterocycles. The van der Waals surface area contributed by atoms with E-state index in [1.807, 2.05) is 0 Å². The average molecular weight is 426 g/mol. The molecule has 3 aliphatic rings. The van der Waals surface area contributed by atoms with E-state index in [2.05, 4.69) is 30.6 Å². The standard InChI is InChI=1S/C15H30Br2Si2/c16-18-10-4-1-5-11-19(17,13-7-2-6-12-18)15-9-3-8-14-18/h1-15H2. The molecular formula is C15H30Br2Si2. The van der Waals surface area contributed by atoms with E-state index >= 15 is 0 Å². The summed E-state index contributed by atoms with van der Waals surface area (Å²) in [5.74, 6) is 0. The van der Waals surface area contributed by atoms with E-state index in [-0.39, 0.29) is 0 Å². The second kappa shape index (κ2) is 8.14. The molecule has 0 aliphatic carbocycles. The van der Waals surface area contributed by atoms with Gasteiger partial charge in [-0.25, -0.2) is 0 Å². The second-order valence-electron chi connectivity index (χ2n) is 6.98. The first-order valence-electron chi connectivity index (χ1n) is 8.50. The van der Waals surface area contributed by atoms with Crippen LogP contribution in [0.3, 0.4) is 0 Å². The molecule has 0 amide bonds. The van der Waals surface area contributed by atoms with Crippen molar-refractivity contribution in [3.63, 3.8) is 0 Å². The lowest BCUT2D eigenvalue weighted by Crippen LogP contribution is -2.29. The second-order valence-corrected chi connectivity index (χ2v) is 24.7. The molecule has 0 aromatic carbocycles. The van der Waals surface area contributed by atoms with Crippen molar-refractivity contribution in [3.05, 3.63) is 0 Å². The first-order chi connectivity index (χ1) is 9.12. The van der Waals surface area contributed by atoms with E-state index in [0.29, 0.717) is 0 Å². The molecule has 3 saturated heterocycles. The number of rotatable bonds is 0. The van der Waals surface area contributed by atoms with Gasteiger partial charge >= 0.3 is 0 Å². The van der Waals surface area contributed by atoms with Gasteiger partial charge in [0.1, 0.15) is 13.4 Å². The quantitative estimate of drug-likeness (QED) is 0.284. The van der Waals surface area contributed by atoms with Crippen LogP contribution in [0.25, 0.3) is 0 Å².